The average Bonchev–Trinajstić information content (AvgIpc) is 3.11. The Morgan fingerprint density at radius 1 is 1.38 bits per heavy atom. The number of carbonyl (C=O) groups excluding carboxylic acids is 1. The van der Waals surface area contributed by atoms with Crippen molar-refractivity contribution in [2.45, 2.75) is 26.0 Å². The summed E-state index contributed by atoms with van der Waals surface area (Å²) in [6.07, 6.45) is 0.475. The lowest BCUT2D eigenvalue weighted by Crippen LogP contribution is -2.35. The molecule has 2 heterocycles. The van der Waals surface area contributed by atoms with Crippen LogP contribution in [0.15, 0.2) is 29.6 Å². The van der Waals surface area contributed by atoms with E-state index in [-0.39, 0.29) is 23.5 Å². The van der Waals surface area contributed by atoms with Crippen LogP contribution in [0.2, 0.25) is 0 Å². The van der Waals surface area contributed by atoms with Crippen LogP contribution < -0.4 is 10.1 Å². The van der Waals surface area contributed by atoms with E-state index in [2.05, 4.69) is 10.3 Å². The molecule has 1 aromatic heterocycles. The molecule has 0 saturated carbocycles. The summed E-state index contributed by atoms with van der Waals surface area (Å²) >= 11 is 1.57. The molecule has 24 heavy (non-hydrogen) atoms. The highest BCUT2D eigenvalue weighted by molar-refractivity contribution is 7.91. The van der Waals surface area contributed by atoms with Crippen LogP contribution in [0.3, 0.4) is 0 Å². The standard InChI is InChI=1S/C16H18N2O4S2/c1-11-17-14(9-23-11)8-22-15-4-2-12(3-5-15)16(19)18-13-6-7-24(20,21)10-13/h2-5,9,13H,6-8,10H2,1H3,(H,18,19). The van der Waals surface area contributed by atoms with E-state index in [1.165, 1.54) is 0 Å². The van der Waals surface area contributed by atoms with Gasteiger partial charge in [-0.1, -0.05) is 0 Å². The summed E-state index contributed by atoms with van der Waals surface area (Å²) in [6, 6.07) is 6.48. The van der Waals surface area contributed by atoms with Gasteiger partial charge in [0, 0.05) is 17.0 Å². The van der Waals surface area contributed by atoms with Crippen molar-refractivity contribution in [2.75, 3.05) is 11.5 Å². The van der Waals surface area contributed by atoms with E-state index in [1.807, 2.05) is 12.3 Å². The van der Waals surface area contributed by atoms with Gasteiger partial charge in [0.25, 0.3) is 5.91 Å². The third-order valence-electron chi connectivity index (χ3n) is 3.74. The summed E-state index contributed by atoms with van der Waals surface area (Å²) in [6.45, 7) is 2.33. The molecule has 1 aliphatic heterocycles. The van der Waals surface area contributed by atoms with E-state index < -0.39 is 9.84 Å². The first kappa shape index (κ1) is 16.9. The normalized spacial score (nSPS) is 19.1. The second-order valence-corrected chi connectivity index (χ2v) is 9.04. The summed E-state index contributed by atoms with van der Waals surface area (Å²) in [5.74, 6) is 0.549. The summed E-state index contributed by atoms with van der Waals surface area (Å²) < 4.78 is 28.5. The molecule has 6 nitrogen and oxygen atoms in total. The molecule has 1 saturated heterocycles. The van der Waals surface area contributed by atoms with Gasteiger partial charge in [-0.05, 0) is 37.6 Å². The number of aromatic nitrogens is 1. The zero-order valence-corrected chi connectivity index (χ0v) is 14.8. The molecular formula is C16H18N2O4S2. The minimum Gasteiger partial charge on any atom is -0.487 e. The molecule has 0 bridgehead atoms. The lowest BCUT2D eigenvalue weighted by atomic mass is 10.2. The number of hydrogen-bond donors (Lipinski definition) is 1. The Hall–Kier alpha value is -1.93. The van der Waals surface area contributed by atoms with Gasteiger partial charge in [0.05, 0.1) is 22.2 Å². The second-order valence-electron chi connectivity index (χ2n) is 5.74. The van der Waals surface area contributed by atoms with Crippen LogP contribution in [0.4, 0.5) is 0 Å². The molecule has 8 heteroatoms. The molecule has 1 aromatic carbocycles. The van der Waals surface area contributed by atoms with Crippen molar-refractivity contribution in [3.63, 3.8) is 0 Å². The molecule has 1 atom stereocenters. The lowest BCUT2D eigenvalue weighted by molar-refractivity contribution is 0.0941. The van der Waals surface area contributed by atoms with Crippen molar-refractivity contribution in [2.24, 2.45) is 0 Å². The maximum atomic E-state index is 12.1. The number of ether oxygens (including phenoxy) is 1. The van der Waals surface area contributed by atoms with Gasteiger partial charge in [-0.25, -0.2) is 13.4 Å². The zero-order chi connectivity index (χ0) is 17.2. The number of aryl methyl sites for hydroxylation is 1. The molecule has 0 aliphatic carbocycles. The van der Waals surface area contributed by atoms with E-state index in [0.717, 1.165) is 10.7 Å². The molecular weight excluding hydrogens is 348 g/mol. The van der Waals surface area contributed by atoms with Gasteiger partial charge < -0.3 is 10.1 Å². The Labute approximate surface area is 144 Å². The van der Waals surface area contributed by atoms with Crippen molar-refractivity contribution in [3.8, 4) is 5.75 Å². The van der Waals surface area contributed by atoms with Gasteiger partial charge in [-0.3, -0.25) is 4.79 Å². The number of carbonyl (C=O) groups is 1. The van der Waals surface area contributed by atoms with Crippen LogP contribution in [-0.2, 0) is 16.4 Å². The number of amides is 1. The van der Waals surface area contributed by atoms with Crippen LogP contribution in [-0.4, -0.2) is 36.9 Å². The van der Waals surface area contributed by atoms with Gasteiger partial charge in [-0.15, -0.1) is 11.3 Å². The minimum absolute atomic E-state index is 0.0208. The van der Waals surface area contributed by atoms with Crippen molar-refractivity contribution in [1.82, 2.24) is 10.3 Å². The van der Waals surface area contributed by atoms with Crippen LogP contribution in [0.25, 0.3) is 0 Å². The van der Waals surface area contributed by atoms with Crippen molar-refractivity contribution in [3.05, 3.63) is 45.9 Å². The van der Waals surface area contributed by atoms with Crippen LogP contribution in [0, 0.1) is 6.92 Å². The Kier molecular flexibility index (Phi) is 4.86. The Balaban J connectivity index is 1.54. The van der Waals surface area contributed by atoms with Crippen molar-refractivity contribution < 1.29 is 17.9 Å². The Morgan fingerprint density at radius 3 is 2.71 bits per heavy atom. The molecule has 3 rings (SSSR count). The van der Waals surface area contributed by atoms with Gasteiger partial charge >= 0.3 is 0 Å². The molecule has 1 amide bonds. The zero-order valence-electron chi connectivity index (χ0n) is 13.2. The Bertz CT molecular complexity index is 828. The third-order valence-corrected chi connectivity index (χ3v) is 6.33. The second kappa shape index (κ2) is 6.90. The lowest BCUT2D eigenvalue weighted by Gasteiger charge is -2.11. The predicted octanol–water partition coefficient (Wildman–Crippen LogP) is 1.95. The Morgan fingerprint density at radius 2 is 2.12 bits per heavy atom. The maximum Gasteiger partial charge on any atom is 0.251 e. The number of hydrogen-bond acceptors (Lipinski definition) is 6. The fraction of sp³-hybridized carbons (Fsp3) is 0.375. The first-order chi connectivity index (χ1) is 11.4. The van der Waals surface area contributed by atoms with E-state index in [0.29, 0.717) is 24.3 Å². The molecule has 1 aliphatic rings. The average molecular weight is 366 g/mol. The molecule has 1 N–H and O–H groups in total. The smallest absolute Gasteiger partial charge is 0.251 e. The van der Waals surface area contributed by atoms with E-state index in [9.17, 15) is 13.2 Å². The van der Waals surface area contributed by atoms with Crippen LogP contribution in [0.5, 0.6) is 5.75 Å². The fourth-order valence-electron chi connectivity index (χ4n) is 2.51. The fourth-order valence-corrected chi connectivity index (χ4v) is 4.78. The summed E-state index contributed by atoms with van der Waals surface area (Å²) in [5.41, 5.74) is 1.36. The predicted molar refractivity (Wildman–Crippen MR) is 92.2 cm³/mol. The van der Waals surface area contributed by atoms with Crippen molar-refractivity contribution >= 4 is 27.1 Å². The van der Waals surface area contributed by atoms with E-state index >= 15 is 0 Å². The quantitative estimate of drug-likeness (QED) is 0.874. The number of sulfone groups is 1. The molecule has 1 fully saturated rings. The van der Waals surface area contributed by atoms with E-state index in [4.69, 9.17) is 4.74 Å². The largest absolute Gasteiger partial charge is 0.487 e. The first-order valence-electron chi connectivity index (χ1n) is 7.56. The third kappa shape index (κ3) is 4.33. The number of rotatable bonds is 5. The molecule has 1 unspecified atom stereocenters. The van der Waals surface area contributed by atoms with Crippen LogP contribution >= 0.6 is 11.3 Å². The topological polar surface area (TPSA) is 85.4 Å². The van der Waals surface area contributed by atoms with Gasteiger partial charge in [0.1, 0.15) is 12.4 Å². The summed E-state index contributed by atoms with van der Waals surface area (Å²) in [7, 11) is -3.00. The van der Waals surface area contributed by atoms with Crippen molar-refractivity contribution in [1.29, 1.82) is 0 Å². The summed E-state index contributed by atoms with van der Waals surface area (Å²) in [5, 5.41) is 5.71. The highest BCUT2D eigenvalue weighted by Gasteiger charge is 2.29. The monoisotopic (exact) mass is 366 g/mol. The van der Waals surface area contributed by atoms with E-state index in [1.54, 1.807) is 35.6 Å². The molecule has 2 aromatic rings. The number of thiazole rings is 1. The minimum atomic E-state index is -3.00. The highest BCUT2D eigenvalue weighted by atomic mass is 32.2. The van der Waals surface area contributed by atoms with Gasteiger partial charge in [0.2, 0.25) is 0 Å². The SMILES string of the molecule is Cc1nc(COc2ccc(C(=O)NC3CCS(=O)(=O)C3)cc2)cs1. The first-order valence-corrected chi connectivity index (χ1v) is 10.3. The number of benzene rings is 1. The molecule has 0 radical (unpaired) electrons. The van der Waals surface area contributed by atoms with Gasteiger partial charge in [-0.2, -0.15) is 0 Å². The highest BCUT2D eigenvalue weighted by Crippen LogP contribution is 2.17. The summed E-state index contributed by atoms with van der Waals surface area (Å²) in [4.78, 5) is 16.5. The maximum absolute atomic E-state index is 12.1. The van der Waals surface area contributed by atoms with Crippen LogP contribution in [0.1, 0.15) is 27.5 Å². The van der Waals surface area contributed by atoms with Gasteiger partial charge in [0.15, 0.2) is 9.84 Å². The number of nitrogens with one attached hydrogen (secondary N) is 1. The molecule has 128 valence electrons. The number of nitrogens with zero attached hydrogens (tertiary/aromatic N) is 1. The molecule has 0 spiro atoms.